The molecule has 2 rings (SSSR count). The van der Waals surface area contributed by atoms with Gasteiger partial charge in [0.1, 0.15) is 0 Å². The molecule has 0 atom stereocenters. The molecule has 0 saturated heterocycles. The zero-order valence-corrected chi connectivity index (χ0v) is 13.1. The lowest BCUT2D eigenvalue weighted by Gasteiger charge is -2.39. The quantitative estimate of drug-likeness (QED) is 0.903. The van der Waals surface area contributed by atoms with Gasteiger partial charge in [-0.2, -0.15) is 5.10 Å². The third-order valence-electron chi connectivity index (χ3n) is 4.40. The molecule has 0 radical (unpaired) electrons. The first kappa shape index (κ1) is 15.2. The van der Waals surface area contributed by atoms with Gasteiger partial charge in [0.15, 0.2) is 5.82 Å². The molecule has 21 heavy (non-hydrogen) atoms. The van der Waals surface area contributed by atoms with Gasteiger partial charge in [0.05, 0.1) is 11.1 Å². The number of nitrogens with zero attached hydrogens (tertiary/aromatic N) is 2. The summed E-state index contributed by atoms with van der Waals surface area (Å²) in [7, 11) is 0. The average molecular weight is 287 g/mol. The molecule has 5 nitrogen and oxygen atoms in total. The lowest BCUT2D eigenvalue weighted by atomic mass is 9.74. The van der Waals surface area contributed by atoms with Gasteiger partial charge in [0.2, 0.25) is 0 Å². The number of fused-ring (bicyclic) bond motifs is 1. The van der Waals surface area contributed by atoms with Gasteiger partial charge in [-0.05, 0) is 34.6 Å². The average Bonchev–Trinajstić information content (AvgIpc) is 2.42. The molecule has 1 heterocycles. The van der Waals surface area contributed by atoms with Crippen molar-refractivity contribution >= 4 is 22.6 Å². The highest BCUT2D eigenvalue weighted by atomic mass is 16.4. The number of anilines is 1. The Morgan fingerprint density at radius 2 is 1.67 bits per heavy atom. The summed E-state index contributed by atoms with van der Waals surface area (Å²) in [6.45, 7) is 9.03. The van der Waals surface area contributed by atoms with Gasteiger partial charge in [0.25, 0.3) is 0 Å². The van der Waals surface area contributed by atoms with Crippen LogP contribution in [0.15, 0.2) is 24.3 Å². The number of carboxylic acids is 1. The second-order valence-corrected chi connectivity index (χ2v) is 6.36. The van der Waals surface area contributed by atoms with Gasteiger partial charge in [-0.3, -0.25) is 4.79 Å². The fourth-order valence-corrected chi connectivity index (χ4v) is 2.05. The van der Waals surface area contributed by atoms with E-state index in [9.17, 15) is 9.90 Å². The van der Waals surface area contributed by atoms with Crippen LogP contribution in [-0.2, 0) is 4.79 Å². The summed E-state index contributed by atoms with van der Waals surface area (Å²) in [6, 6.07) is 7.83. The van der Waals surface area contributed by atoms with Crippen LogP contribution in [0.3, 0.4) is 0 Å². The number of carboxylic acid groups (broad SMARTS) is 1. The van der Waals surface area contributed by atoms with Gasteiger partial charge in [-0.15, -0.1) is 5.10 Å². The zero-order valence-electron chi connectivity index (χ0n) is 13.1. The van der Waals surface area contributed by atoms with Crippen LogP contribution < -0.4 is 5.32 Å². The number of hydrogen-bond acceptors (Lipinski definition) is 4. The summed E-state index contributed by atoms with van der Waals surface area (Å²) in [4.78, 5) is 11.5. The molecular formula is C16H21N3O2. The fourth-order valence-electron chi connectivity index (χ4n) is 2.05. The summed E-state index contributed by atoms with van der Waals surface area (Å²) >= 11 is 0. The monoisotopic (exact) mass is 287 g/mol. The largest absolute Gasteiger partial charge is 0.481 e. The number of hydrogen-bond donors (Lipinski definition) is 2. The minimum atomic E-state index is -0.958. The zero-order chi connectivity index (χ0) is 15.8. The minimum absolute atomic E-state index is 0.607. The summed E-state index contributed by atoms with van der Waals surface area (Å²) in [6.07, 6.45) is 0. The number of aromatic nitrogens is 2. The van der Waals surface area contributed by atoms with E-state index in [1.54, 1.807) is 13.8 Å². The van der Waals surface area contributed by atoms with Crippen molar-refractivity contribution < 1.29 is 9.90 Å². The maximum Gasteiger partial charge on any atom is 0.311 e. The second-order valence-electron chi connectivity index (χ2n) is 6.36. The van der Waals surface area contributed by atoms with Gasteiger partial charge >= 0.3 is 5.97 Å². The molecule has 0 unspecified atom stereocenters. The van der Waals surface area contributed by atoms with Crippen molar-refractivity contribution in [3.63, 3.8) is 0 Å². The van der Waals surface area contributed by atoms with E-state index in [2.05, 4.69) is 15.5 Å². The number of benzene rings is 1. The standard InChI is InChI=1S/C16H21N3O2/c1-10-11-8-6-7-9-12(11)13(19-18-10)17-16(4,5)15(2,3)14(20)21/h6-9H,1-5H3,(H,17,19)(H,20,21). The van der Waals surface area contributed by atoms with Gasteiger partial charge in [-0.1, -0.05) is 24.3 Å². The third kappa shape index (κ3) is 2.55. The first-order valence-electron chi connectivity index (χ1n) is 6.90. The molecule has 2 aromatic rings. The van der Waals surface area contributed by atoms with Crippen LogP contribution >= 0.6 is 0 Å². The molecule has 2 N–H and O–H groups in total. The highest BCUT2D eigenvalue weighted by molar-refractivity contribution is 5.93. The normalized spacial score (nSPS) is 12.4. The topological polar surface area (TPSA) is 75.1 Å². The molecule has 0 aliphatic rings. The number of aliphatic carboxylic acids is 1. The summed E-state index contributed by atoms with van der Waals surface area (Å²) in [5, 5.41) is 23.0. The van der Waals surface area contributed by atoms with Gasteiger partial charge in [0, 0.05) is 16.3 Å². The molecule has 0 spiro atoms. The SMILES string of the molecule is Cc1nnc(NC(C)(C)C(C)(C)C(=O)O)c2ccccc12. The Labute approximate surface area is 124 Å². The Balaban J connectivity index is 2.50. The molecular weight excluding hydrogens is 266 g/mol. The van der Waals surface area contributed by atoms with E-state index in [1.165, 1.54) is 0 Å². The molecule has 1 aromatic heterocycles. The van der Waals surface area contributed by atoms with Crippen molar-refractivity contribution in [3.8, 4) is 0 Å². The van der Waals surface area contributed by atoms with Crippen molar-refractivity contribution in [3.05, 3.63) is 30.0 Å². The lowest BCUT2D eigenvalue weighted by molar-refractivity contribution is -0.149. The second kappa shape index (κ2) is 4.98. The molecule has 112 valence electrons. The fraction of sp³-hybridized carbons (Fsp3) is 0.438. The maximum absolute atomic E-state index is 11.5. The van der Waals surface area contributed by atoms with Crippen molar-refractivity contribution in [1.82, 2.24) is 10.2 Å². The van der Waals surface area contributed by atoms with E-state index in [-0.39, 0.29) is 0 Å². The Morgan fingerprint density at radius 1 is 1.10 bits per heavy atom. The van der Waals surface area contributed by atoms with Crippen LogP contribution in [0, 0.1) is 12.3 Å². The van der Waals surface area contributed by atoms with Crippen molar-refractivity contribution in [2.45, 2.75) is 40.2 Å². The molecule has 0 fully saturated rings. The van der Waals surface area contributed by atoms with E-state index in [0.717, 1.165) is 16.5 Å². The summed E-state index contributed by atoms with van der Waals surface area (Å²) in [5.41, 5.74) is -0.793. The number of rotatable bonds is 4. The molecule has 5 heteroatoms. The number of carbonyl (C=O) groups is 1. The molecule has 0 saturated carbocycles. The van der Waals surface area contributed by atoms with Gasteiger partial charge < -0.3 is 10.4 Å². The minimum Gasteiger partial charge on any atom is -0.481 e. The van der Waals surface area contributed by atoms with Crippen molar-refractivity contribution in [2.75, 3.05) is 5.32 Å². The highest BCUT2D eigenvalue weighted by Crippen LogP contribution is 2.35. The Bertz CT molecular complexity index is 693. The number of nitrogens with one attached hydrogen (secondary N) is 1. The highest BCUT2D eigenvalue weighted by Gasteiger charge is 2.44. The van der Waals surface area contributed by atoms with Gasteiger partial charge in [-0.25, -0.2) is 0 Å². The Hall–Kier alpha value is -2.17. The molecule has 0 amide bonds. The molecule has 1 aromatic carbocycles. The predicted molar refractivity (Wildman–Crippen MR) is 83.4 cm³/mol. The van der Waals surface area contributed by atoms with Crippen LogP contribution in [0.4, 0.5) is 5.82 Å². The van der Waals surface area contributed by atoms with Crippen LogP contribution in [-0.4, -0.2) is 26.8 Å². The maximum atomic E-state index is 11.5. The third-order valence-corrected chi connectivity index (χ3v) is 4.40. The first-order valence-corrected chi connectivity index (χ1v) is 6.90. The first-order chi connectivity index (χ1) is 9.67. The van der Waals surface area contributed by atoms with E-state index in [0.29, 0.717) is 5.82 Å². The van der Waals surface area contributed by atoms with E-state index < -0.39 is 16.9 Å². The van der Waals surface area contributed by atoms with Crippen LogP contribution in [0.5, 0.6) is 0 Å². The van der Waals surface area contributed by atoms with E-state index >= 15 is 0 Å². The summed E-state index contributed by atoms with van der Waals surface area (Å²) < 4.78 is 0. The van der Waals surface area contributed by atoms with E-state index in [1.807, 2.05) is 45.0 Å². The lowest BCUT2D eigenvalue weighted by Crippen LogP contribution is -2.50. The Kier molecular flexibility index (Phi) is 3.61. The number of aryl methyl sites for hydroxylation is 1. The molecule has 0 aliphatic heterocycles. The Morgan fingerprint density at radius 3 is 2.24 bits per heavy atom. The van der Waals surface area contributed by atoms with Crippen LogP contribution in [0.1, 0.15) is 33.4 Å². The molecule has 0 aliphatic carbocycles. The smallest absolute Gasteiger partial charge is 0.311 e. The van der Waals surface area contributed by atoms with Crippen LogP contribution in [0.25, 0.3) is 10.8 Å². The molecule has 0 bridgehead atoms. The van der Waals surface area contributed by atoms with Crippen molar-refractivity contribution in [2.24, 2.45) is 5.41 Å². The van der Waals surface area contributed by atoms with Crippen LogP contribution in [0.2, 0.25) is 0 Å². The predicted octanol–water partition coefficient (Wildman–Crippen LogP) is 3.24. The summed E-state index contributed by atoms with van der Waals surface area (Å²) in [5.74, 6) is -0.250. The van der Waals surface area contributed by atoms with E-state index in [4.69, 9.17) is 0 Å². The van der Waals surface area contributed by atoms with Crippen molar-refractivity contribution in [1.29, 1.82) is 0 Å².